The van der Waals surface area contributed by atoms with Gasteiger partial charge in [-0.2, -0.15) is 0 Å². The number of aromatic nitrogens is 1. The van der Waals surface area contributed by atoms with Crippen molar-refractivity contribution in [1.29, 1.82) is 0 Å². The van der Waals surface area contributed by atoms with Crippen molar-refractivity contribution in [3.63, 3.8) is 0 Å². The molecule has 0 saturated carbocycles. The molecule has 7 heteroatoms. The van der Waals surface area contributed by atoms with Crippen LogP contribution in [-0.4, -0.2) is 36.8 Å². The molecular formula is C18H18BrClN2O3. The second-order valence-electron chi connectivity index (χ2n) is 5.75. The Bertz CT molecular complexity index is 701. The molecule has 2 aromatic rings. The number of anilines is 1. The van der Waals surface area contributed by atoms with Crippen LogP contribution in [0.5, 0.6) is 5.75 Å². The Hall–Kier alpha value is -1.79. The molecule has 0 bridgehead atoms. The van der Waals surface area contributed by atoms with Gasteiger partial charge in [0, 0.05) is 36.6 Å². The molecule has 1 aliphatic rings. The van der Waals surface area contributed by atoms with E-state index in [1.807, 2.05) is 24.3 Å². The van der Waals surface area contributed by atoms with E-state index in [1.165, 1.54) is 0 Å². The summed E-state index contributed by atoms with van der Waals surface area (Å²) in [5, 5.41) is 0.623. The predicted molar refractivity (Wildman–Crippen MR) is 100 cm³/mol. The molecule has 0 radical (unpaired) electrons. The van der Waals surface area contributed by atoms with E-state index < -0.39 is 0 Å². The van der Waals surface area contributed by atoms with E-state index in [-0.39, 0.29) is 18.7 Å². The first-order valence-corrected chi connectivity index (χ1v) is 9.21. The summed E-state index contributed by atoms with van der Waals surface area (Å²) in [6.45, 7) is 1.50. The second kappa shape index (κ2) is 8.54. The monoisotopic (exact) mass is 424 g/mol. The summed E-state index contributed by atoms with van der Waals surface area (Å²) in [6.07, 6.45) is 3.11. The van der Waals surface area contributed by atoms with Gasteiger partial charge in [0.05, 0.1) is 5.02 Å². The molecule has 5 nitrogen and oxygen atoms in total. The first kappa shape index (κ1) is 18.0. The lowest BCUT2D eigenvalue weighted by molar-refractivity contribution is -0.152. The summed E-state index contributed by atoms with van der Waals surface area (Å²) in [7, 11) is 0. The summed E-state index contributed by atoms with van der Waals surface area (Å²) >= 11 is 9.21. The Morgan fingerprint density at radius 1 is 1.20 bits per heavy atom. The maximum absolute atomic E-state index is 11.9. The number of piperidine rings is 1. The van der Waals surface area contributed by atoms with Crippen LogP contribution in [0.1, 0.15) is 12.8 Å². The van der Waals surface area contributed by atoms with Crippen LogP contribution in [0.25, 0.3) is 0 Å². The van der Waals surface area contributed by atoms with Crippen molar-refractivity contribution in [2.24, 2.45) is 0 Å². The predicted octanol–water partition coefficient (Wildman–Crippen LogP) is 4.09. The van der Waals surface area contributed by atoms with E-state index in [2.05, 4.69) is 25.8 Å². The van der Waals surface area contributed by atoms with Crippen LogP contribution >= 0.6 is 27.5 Å². The van der Waals surface area contributed by atoms with Gasteiger partial charge in [-0.15, -0.1) is 0 Å². The number of carbonyl (C=O) groups excluding carboxylic acids is 1. The average Bonchev–Trinajstić information content (AvgIpc) is 2.63. The number of rotatable bonds is 5. The molecule has 0 atom stereocenters. The molecule has 0 aliphatic carbocycles. The molecule has 0 N–H and O–H groups in total. The third-order valence-electron chi connectivity index (χ3n) is 3.95. The highest BCUT2D eigenvalue weighted by molar-refractivity contribution is 9.10. The summed E-state index contributed by atoms with van der Waals surface area (Å²) in [4.78, 5) is 18.4. The maximum Gasteiger partial charge on any atom is 0.344 e. The minimum atomic E-state index is -0.342. The molecule has 0 amide bonds. The van der Waals surface area contributed by atoms with E-state index in [0.29, 0.717) is 10.8 Å². The minimum absolute atomic E-state index is 0.0791. The Balaban J connectivity index is 1.41. The van der Waals surface area contributed by atoms with Crippen molar-refractivity contribution >= 4 is 39.3 Å². The molecule has 2 heterocycles. The number of ether oxygens (including phenoxy) is 2. The van der Waals surface area contributed by atoms with Crippen molar-refractivity contribution in [2.45, 2.75) is 18.9 Å². The third kappa shape index (κ3) is 5.34. The quantitative estimate of drug-likeness (QED) is 0.675. The lowest BCUT2D eigenvalue weighted by atomic mass is 10.1. The van der Waals surface area contributed by atoms with Gasteiger partial charge >= 0.3 is 5.97 Å². The molecule has 1 aromatic heterocycles. The number of esters is 1. The van der Waals surface area contributed by atoms with Crippen molar-refractivity contribution < 1.29 is 14.3 Å². The number of halogens is 2. The van der Waals surface area contributed by atoms with Crippen LogP contribution in [-0.2, 0) is 9.53 Å². The normalized spacial score (nSPS) is 15.0. The highest BCUT2D eigenvalue weighted by atomic mass is 79.9. The standard InChI is InChI=1S/C18H18BrClN2O3/c19-13-1-4-15(5-2-13)24-12-18(23)25-16-7-9-22(10-8-16)17-6-3-14(20)11-21-17/h1-6,11,16H,7-10,12H2. The summed E-state index contributed by atoms with van der Waals surface area (Å²) in [5.74, 6) is 1.20. The Morgan fingerprint density at radius 2 is 1.92 bits per heavy atom. The van der Waals surface area contributed by atoms with E-state index in [4.69, 9.17) is 21.1 Å². The fourth-order valence-corrected chi connectivity index (χ4v) is 3.03. The van der Waals surface area contributed by atoms with Crippen LogP contribution < -0.4 is 9.64 Å². The molecule has 1 aliphatic heterocycles. The van der Waals surface area contributed by atoms with Crippen LogP contribution in [0, 0.1) is 0 Å². The van der Waals surface area contributed by atoms with Crippen LogP contribution in [0.3, 0.4) is 0 Å². The van der Waals surface area contributed by atoms with Gasteiger partial charge in [0.1, 0.15) is 17.7 Å². The Labute approximate surface area is 160 Å². The largest absolute Gasteiger partial charge is 0.482 e. The summed E-state index contributed by atoms with van der Waals surface area (Å²) in [5.41, 5.74) is 0. The van der Waals surface area contributed by atoms with Gasteiger partial charge in [-0.05, 0) is 36.4 Å². The van der Waals surface area contributed by atoms with Gasteiger partial charge in [-0.25, -0.2) is 9.78 Å². The van der Waals surface area contributed by atoms with Gasteiger partial charge < -0.3 is 14.4 Å². The highest BCUT2D eigenvalue weighted by Crippen LogP contribution is 2.21. The second-order valence-corrected chi connectivity index (χ2v) is 7.11. The van der Waals surface area contributed by atoms with Gasteiger partial charge in [0.15, 0.2) is 6.61 Å². The summed E-state index contributed by atoms with van der Waals surface area (Å²) < 4.78 is 11.9. The molecule has 1 aromatic carbocycles. The SMILES string of the molecule is O=C(COc1ccc(Br)cc1)OC1CCN(c2ccc(Cl)cn2)CC1. The molecule has 3 rings (SSSR count). The topological polar surface area (TPSA) is 51.7 Å². The Kier molecular flexibility index (Phi) is 6.15. The minimum Gasteiger partial charge on any atom is -0.482 e. The van der Waals surface area contributed by atoms with Gasteiger partial charge in [0.2, 0.25) is 0 Å². The molecule has 0 spiro atoms. The molecule has 1 saturated heterocycles. The van der Waals surface area contributed by atoms with E-state index >= 15 is 0 Å². The fourth-order valence-electron chi connectivity index (χ4n) is 2.65. The molecular weight excluding hydrogens is 408 g/mol. The van der Waals surface area contributed by atoms with Gasteiger partial charge in [0.25, 0.3) is 0 Å². The number of benzene rings is 1. The third-order valence-corrected chi connectivity index (χ3v) is 4.70. The first-order chi connectivity index (χ1) is 12.1. The molecule has 0 unspecified atom stereocenters. The van der Waals surface area contributed by atoms with Crippen LogP contribution in [0.4, 0.5) is 5.82 Å². The first-order valence-electron chi connectivity index (χ1n) is 8.04. The fraction of sp³-hybridized carbons (Fsp3) is 0.333. The molecule has 25 heavy (non-hydrogen) atoms. The molecule has 1 fully saturated rings. The highest BCUT2D eigenvalue weighted by Gasteiger charge is 2.23. The van der Waals surface area contributed by atoms with Crippen LogP contribution in [0.15, 0.2) is 47.1 Å². The van der Waals surface area contributed by atoms with Crippen molar-refractivity contribution in [2.75, 3.05) is 24.6 Å². The molecule has 132 valence electrons. The number of hydrogen-bond acceptors (Lipinski definition) is 5. The van der Waals surface area contributed by atoms with Gasteiger partial charge in [-0.1, -0.05) is 27.5 Å². The van der Waals surface area contributed by atoms with Crippen LogP contribution in [0.2, 0.25) is 5.02 Å². The van der Waals surface area contributed by atoms with Crippen molar-refractivity contribution in [3.8, 4) is 5.75 Å². The van der Waals surface area contributed by atoms with E-state index in [1.54, 1.807) is 18.3 Å². The summed E-state index contributed by atoms with van der Waals surface area (Å²) in [6, 6.07) is 11.1. The Morgan fingerprint density at radius 3 is 2.56 bits per heavy atom. The zero-order valence-corrected chi connectivity index (χ0v) is 15.9. The van der Waals surface area contributed by atoms with Crippen molar-refractivity contribution in [3.05, 3.63) is 52.1 Å². The lowest BCUT2D eigenvalue weighted by Crippen LogP contribution is -2.38. The number of hydrogen-bond donors (Lipinski definition) is 0. The number of nitrogens with zero attached hydrogens (tertiary/aromatic N) is 2. The lowest BCUT2D eigenvalue weighted by Gasteiger charge is -2.32. The van der Waals surface area contributed by atoms with E-state index in [9.17, 15) is 4.79 Å². The zero-order chi connectivity index (χ0) is 17.6. The van der Waals surface area contributed by atoms with E-state index in [0.717, 1.165) is 36.2 Å². The number of pyridine rings is 1. The van der Waals surface area contributed by atoms with Crippen molar-refractivity contribution in [1.82, 2.24) is 4.98 Å². The number of carbonyl (C=O) groups is 1. The zero-order valence-electron chi connectivity index (χ0n) is 13.5. The average molecular weight is 426 g/mol. The maximum atomic E-state index is 11.9. The van der Waals surface area contributed by atoms with Gasteiger partial charge in [-0.3, -0.25) is 0 Å². The smallest absolute Gasteiger partial charge is 0.344 e.